The summed E-state index contributed by atoms with van der Waals surface area (Å²) < 4.78 is 5.75. The second-order valence-electron chi connectivity index (χ2n) is 6.30. The van der Waals surface area contributed by atoms with E-state index in [0.29, 0.717) is 12.6 Å². The number of nitrogens with one attached hydrogen (secondary N) is 1. The highest BCUT2D eigenvalue weighted by atomic mass is 35.5. The number of nitrogens with zero attached hydrogens (tertiary/aromatic N) is 1. The molecule has 1 N–H and O–H groups in total. The quantitative estimate of drug-likeness (QED) is 0.875. The lowest BCUT2D eigenvalue weighted by atomic mass is 10.0. The smallest absolute Gasteiger partial charge is 0.238 e. The molecule has 0 aliphatic carbocycles. The van der Waals surface area contributed by atoms with Gasteiger partial charge in [-0.1, -0.05) is 24.6 Å². The largest absolute Gasteiger partial charge is 1.00 e. The number of rotatable bonds is 5. The molecule has 0 bridgehead atoms. The van der Waals surface area contributed by atoms with Crippen LogP contribution in [0.15, 0.2) is 54.6 Å². The van der Waals surface area contributed by atoms with Crippen LogP contribution in [0.5, 0.6) is 11.5 Å². The van der Waals surface area contributed by atoms with E-state index in [4.69, 9.17) is 4.74 Å². The molecule has 0 saturated carbocycles. The third-order valence-corrected chi connectivity index (χ3v) is 4.40. The Kier molecular flexibility index (Phi) is 7.29. The molecule has 1 fully saturated rings. The predicted molar refractivity (Wildman–Crippen MR) is 96.5 cm³/mol. The fourth-order valence-electron chi connectivity index (χ4n) is 3.01. The highest BCUT2D eigenvalue weighted by Crippen LogP contribution is 2.22. The molecule has 1 heterocycles. The second kappa shape index (κ2) is 9.44. The molecular weight excluding hydrogens is 336 g/mol. The molecular formula is C20H24ClN2O2-. The Bertz CT molecular complexity index is 661. The van der Waals surface area contributed by atoms with Crippen molar-refractivity contribution >= 4 is 11.6 Å². The molecule has 0 radical (unpaired) electrons. The summed E-state index contributed by atoms with van der Waals surface area (Å²) in [5, 5.41) is 2.96. The molecule has 1 saturated heterocycles. The van der Waals surface area contributed by atoms with Gasteiger partial charge in [0.25, 0.3) is 0 Å². The SMILES string of the molecule is CC1CCCCN1CC(=O)Nc1ccc(Oc2ccccc2)cc1.[Cl-]. The molecule has 134 valence electrons. The van der Waals surface area contributed by atoms with Crippen LogP contribution in [0.25, 0.3) is 0 Å². The number of benzene rings is 2. The third kappa shape index (κ3) is 5.76. The fraction of sp³-hybridized carbons (Fsp3) is 0.350. The Morgan fingerprint density at radius 3 is 2.44 bits per heavy atom. The molecule has 1 amide bonds. The molecule has 1 unspecified atom stereocenters. The van der Waals surface area contributed by atoms with Crippen molar-refractivity contribution in [3.05, 3.63) is 54.6 Å². The van der Waals surface area contributed by atoms with E-state index in [1.165, 1.54) is 19.3 Å². The van der Waals surface area contributed by atoms with Crippen LogP contribution in [-0.4, -0.2) is 29.9 Å². The Labute approximate surface area is 155 Å². The number of ether oxygens (including phenoxy) is 1. The summed E-state index contributed by atoms with van der Waals surface area (Å²) in [7, 11) is 0. The summed E-state index contributed by atoms with van der Waals surface area (Å²) in [6.07, 6.45) is 3.63. The van der Waals surface area contributed by atoms with Gasteiger partial charge in [-0.25, -0.2) is 0 Å². The van der Waals surface area contributed by atoms with Gasteiger partial charge in [-0.2, -0.15) is 0 Å². The van der Waals surface area contributed by atoms with Crippen molar-refractivity contribution in [2.75, 3.05) is 18.4 Å². The molecule has 2 aromatic carbocycles. The van der Waals surface area contributed by atoms with Gasteiger partial charge in [-0.15, -0.1) is 0 Å². The highest BCUT2D eigenvalue weighted by molar-refractivity contribution is 5.92. The first-order valence-corrected chi connectivity index (χ1v) is 8.57. The predicted octanol–water partition coefficient (Wildman–Crippen LogP) is 1.30. The molecule has 1 atom stereocenters. The summed E-state index contributed by atoms with van der Waals surface area (Å²) in [6.45, 7) is 3.67. The van der Waals surface area contributed by atoms with Gasteiger partial charge in [0.05, 0.1) is 6.54 Å². The summed E-state index contributed by atoms with van der Waals surface area (Å²) >= 11 is 0. The Morgan fingerprint density at radius 2 is 1.76 bits per heavy atom. The molecule has 1 aliphatic heterocycles. The summed E-state index contributed by atoms with van der Waals surface area (Å²) in [5.41, 5.74) is 0.796. The van der Waals surface area contributed by atoms with E-state index < -0.39 is 0 Å². The van der Waals surface area contributed by atoms with Crippen molar-refractivity contribution < 1.29 is 21.9 Å². The van der Waals surface area contributed by atoms with Crippen LogP contribution < -0.4 is 22.5 Å². The van der Waals surface area contributed by atoms with Crippen LogP contribution in [-0.2, 0) is 4.79 Å². The minimum atomic E-state index is 0. The molecule has 1 aliphatic rings. The van der Waals surface area contributed by atoms with E-state index in [9.17, 15) is 4.79 Å². The van der Waals surface area contributed by atoms with Gasteiger partial charge >= 0.3 is 0 Å². The van der Waals surface area contributed by atoms with Gasteiger partial charge in [-0.05, 0) is 62.7 Å². The molecule has 4 nitrogen and oxygen atoms in total. The van der Waals surface area contributed by atoms with E-state index in [1.807, 2.05) is 54.6 Å². The standard InChI is InChI=1S/C20H24N2O2.ClH/c1-16-7-5-6-14-22(16)15-20(23)21-17-10-12-19(13-11-17)24-18-8-3-2-4-9-18;/h2-4,8-13,16H,5-7,14-15H2,1H3,(H,21,23);1H/p-1. The average Bonchev–Trinajstić information content (AvgIpc) is 2.60. The maximum Gasteiger partial charge on any atom is 0.238 e. The first-order chi connectivity index (χ1) is 11.7. The van der Waals surface area contributed by atoms with Crippen molar-refractivity contribution in [1.29, 1.82) is 0 Å². The highest BCUT2D eigenvalue weighted by Gasteiger charge is 2.20. The zero-order chi connectivity index (χ0) is 16.8. The van der Waals surface area contributed by atoms with Crippen LogP contribution >= 0.6 is 0 Å². The lowest BCUT2D eigenvalue weighted by Crippen LogP contribution is -3.00. The van der Waals surface area contributed by atoms with Gasteiger partial charge in [0.1, 0.15) is 11.5 Å². The van der Waals surface area contributed by atoms with Crippen LogP contribution in [0, 0.1) is 0 Å². The maximum absolute atomic E-state index is 12.2. The van der Waals surface area contributed by atoms with Crippen molar-refractivity contribution in [3.63, 3.8) is 0 Å². The van der Waals surface area contributed by atoms with Crippen molar-refractivity contribution in [2.24, 2.45) is 0 Å². The lowest BCUT2D eigenvalue weighted by Gasteiger charge is -2.32. The normalized spacial score (nSPS) is 17.4. The Morgan fingerprint density at radius 1 is 1.08 bits per heavy atom. The number of hydrogen-bond donors (Lipinski definition) is 1. The maximum atomic E-state index is 12.2. The third-order valence-electron chi connectivity index (χ3n) is 4.40. The molecule has 0 spiro atoms. The van der Waals surface area contributed by atoms with E-state index in [2.05, 4.69) is 17.1 Å². The molecule has 25 heavy (non-hydrogen) atoms. The van der Waals surface area contributed by atoms with E-state index in [0.717, 1.165) is 23.7 Å². The van der Waals surface area contributed by atoms with Gasteiger partial charge < -0.3 is 22.5 Å². The van der Waals surface area contributed by atoms with Crippen molar-refractivity contribution in [3.8, 4) is 11.5 Å². The van der Waals surface area contributed by atoms with Crippen LogP contribution in [0.4, 0.5) is 5.69 Å². The number of anilines is 1. The van der Waals surface area contributed by atoms with E-state index >= 15 is 0 Å². The zero-order valence-electron chi connectivity index (χ0n) is 14.5. The average molecular weight is 360 g/mol. The number of carbonyl (C=O) groups excluding carboxylic acids is 1. The molecule has 2 aromatic rings. The first kappa shape index (κ1) is 19.3. The Hall–Kier alpha value is -2.04. The monoisotopic (exact) mass is 359 g/mol. The number of likely N-dealkylation sites (tertiary alicyclic amines) is 1. The first-order valence-electron chi connectivity index (χ1n) is 8.57. The van der Waals surface area contributed by atoms with Crippen LogP contribution in [0.3, 0.4) is 0 Å². The molecule has 3 rings (SSSR count). The zero-order valence-corrected chi connectivity index (χ0v) is 15.2. The van der Waals surface area contributed by atoms with Crippen molar-refractivity contribution in [1.82, 2.24) is 4.90 Å². The number of amides is 1. The van der Waals surface area contributed by atoms with Gasteiger partial charge in [0, 0.05) is 11.7 Å². The van der Waals surface area contributed by atoms with Crippen molar-refractivity contribution in [2.45, 2.75) is 32.2 Å². The minimum Gasteiger partial charge on any atom is -1.00 e. The van der Waals surface area contributed by atoms with Gasteiger partial charge in [0.15, 0.2) is 0 Å². The number of halogens is 1. The van der Waals surface area contributed by atoms with Gasteiger partial charge in [0.2, 0.25) is 5.91 Å². The minimum absolute atomic E-state index is 0. The number of carbonyl (C=O) groups is 1. The molecule has 0 aromatic heterocycles. The van der Waals surface area contributed by atoms with Crippen LogP contribution in [0.2, 0.25) is 0 Å². The topological polar surface area (TPSA) is 41.6 Å². The Balaban J connectivity index is 0.00000225. The van der Waals surface area contributed by atoms with E-state index in [-0.39, 0.29) is 18.3 Å². The van der Waals surface area contributed by atoms with Gasteiger partial charge in [-0.3, -0.25) is 9.69 Å². The van der Waals surface area contributed by atoms with Crippen LogP contribution in [0.1, 0.15) is 26.2 Å². The lowest BCUT2D eigenvalue weighted by molar-refractivity contribution is -0.118. The number of piperidine rings is 1. The molecule has 5 heteroatoms. The summed E-state index contributed by atoms with van der Waals surface area (Å²) in [5.74, 6) is 1.60. The fourth-order valence-corrected chi connectivity index (χ4v) is 3.01. The summed E-state index contributed by atoms with van der Waals surface area (Å²) in [4.78, 5) is 14.5. The van der Waals surface area contributed by atoms with E-state index in [1.54, 1.807) is 0 Å². The number of para-hydroxylation sites is 1. The number of hydrogen-bond acceptors (Lipinski definition) is 3. The summed E-state index contributed by atoms with van der Waals surface area (Å²) in [6, 6.07) is 17.6. The second-order valence-corrected chi connectivity index (χ2v) is 6.30.